The van der Waals surface area contributed by atoms with E-state index in [-0.39, 0.29) is 11.8 Å². The van der Waals surface area contributed by atoms with Crippen molar-refractivity contribution in [1.82, 2.24) is 9.88 Å². The third kappa shape index (κ3) is 4.04. The van der Waals surface area contributed by atoms with Gasteiger partial charge in [-0.05, 0) is 36.6 Å². The first-order valence-electron chi connectivity index (χ1n) is 9.20. The van der Waals surface area contributed by atoms with Crippen LogP contribution in [0.4, 0.5) is 0 Å². The molecule has 7 nitrogen and oxygen atoms in total. The zero-order chi connectivity index (χ0) is 21.0. The van der Waals surface area contributed by atoms with E-state index in [1.54, 1.807) is 17.2 Å². The van der Waals surface area contributed by atoms with E-state index in [1.165, 1.54) is 6.08 Å². The van der Waals surface area contributed by atoms with Gasteiger partial charge in [0.05, 0.1) is 35.7 Å². The number of nitrogens with zero attached hydrogens (tertiary/aromatic N) is 3. The van der Waals surface area contributed by atoms with Crippen molar-refractivity contribution in [2.24, 2.45) is 5.92 Å². The average Bonchev–Trinajstić information content (AvgIpc) is 3.04. The van der Waals surface area contributed by atoms with Gasteiger partial charge < -0.3 is 20.0 Å². The molecule has 2 heterocycles. The Morgan fingerprint density at radius 3 is 2.76 bits per heavy atom. The van der Waals surface area contributed by atoms with E-state index in [4.69, 9.17) is 20.7 Å². The fourth-order valence-electron chi connectivity index (χ4n) is 3.26. The smallest absolute Gasteiger partial charge is 0.255 e. The zero-order valence-corrected chi connectivity index (χ0v) is 16.3. The molecule has 0 atom stereocenters. The monoisotopic (exact) mass is 387 g/mol. The number of amides is 1. The third-order valence-corrected chi connectivity index (χ3v) is 4.95. The van der Waals surface area contributed by atoms with Gasteiger partial charge in [-0.2, -0.15) is 10.5 Å². The Kier molecular flexibility index (Phi) is 5.80. The van der Waals surface area contributed by atoms with E-state index in [0.29, 0.717) is 42.3 Å². The van der Waals surface area contributed by atoms with Gasteiger partial charge in [0.15, 0.2) is 5.76 Å². The molecule has 0 unspecified atom stereocenters. The standard InChI is InChI=1S/C22H21N5O2/c1-14-9-16(5-7-23)3-4-19(14)29-20(6-8-24)21-15(2)18(11-26-21)22(28)27-12-17(10-25)13-27/h3-4,6,8-9,11,17,24,26H,5,12-13H2,1-2H3/b20-6+,24-8?. The molecule has 3 rings (SSSR count). The molecule has 0 saturated carbocycles. The van der Waals surface area contributed by atoms with Crippen molar-refractivity contribution in [3.63, 3.8) is 0 Å². The number of nitrogens with one attached hydrogen (secondary N) is 2. The van der Waals surface area contributed by atoms with Crippen LogP contribution in [0.15, 0.2) is 30.5 Å². The fourth-order valence-corrected chi connectivity index (χ4v) is 3.26. The molecule has 146 valence electrons. The number of rotatable bonds is 6. The second kappa shape index (κ2) is 8.45. The molecule has 1 saturated heterocycles. The molecular formula is C22H21N5O2. The highest BCUT2D eigenvalue weighted by atomic mass is 16.5. The molecule has 1 fully saturated rings. The van der Waals surface area contributed by atoms with Crippen LogP contribution in [0.1, 0.15) is 32.7 Å². The summed E-state index contributed by atoms with van der Waals surface area (Å²) in [6.45, 7) is 4.61. The number of aryl methyl sites for hydroxylation is 1. The van der Waals surface area contributed by atoms with Crippen LogP contribution in [0.2, 0.25) is 0 Å². The molecule has 1 aliphatic heterocycles. The quantitative estimate of drug-likeness (QED) is 0.584. The van der Waals surface area contributed by atoms with Gasteiger partial charge in [0.1, 0.15) is 5.75 Å². The highest BCUT2D eigenvalue weighted by molar-refractivity contribution is 5.97. The summed E-state index contributed by atoms with van der Waals surface area (Å²) in [5.74, 6) is 0.816. The Labute approximate surface area is 169 Å². The lowest BCUT2D eigenvalue weighted by Crippen LogP contribution is -2.49. The molecule has 0 radical (unpaired) electrons. The first-order chi connectivity index (χ1) is 14.0. The minimum atomic E-state index is -0.122. The highest BCUT2D eigenvalue weighted by Crippen LogP contribution is 2.29. The van der Waals surface area contributed by atoms with E-state index in [0.717, 1.165) is 22.9 Å². The SMILES string of the molecule is Cc1cc(CC#N)ccc1O/C(=C/C=N)c1[nH]cc(C(=O)N2CC(C#N)C2)c1C. The third-order valence-electron chi connectivity index (χ3n) is 4.95. The minimum Gasteiger partial charge on any atom is -0.455 e. The fraction of sp³-hybridized carbons (Fsp3) is 0.273. The Hall–Kier alpha value is -3.84. The Morgan fingerprint density at radius 1 is 1.38 bits per heavy atom. The van der Waals surface area contributed by atoms with E-state index in [2.05, 4.69) is 17.1 Å². The maximum absolute atomic E-state index is 12.7. The number of allylic oxidation sites excluding steroid dienone is 1. The largest absolute Gasteiger partial charge is 0.455 e. The Bertz CT molecular complexity index is 1060. The van der Waals surface area contributed by atoms with E-state index in [9.17, 15) is 4.79 Å². The van der Waals surface area contributed by atoms with Crippen molar-refractivity contribution in [2.45, 2.75) is 20.3 Å². The number of aromatic nitrogens is 1. The van der Waals surface area contributed by atoms with Gasteiger partial charge in [-0.3, -0.25) is 4.79 Å². The van der Waals surface area contributed by atoms with Crippen LogP contribution in [0.25, 0.3) is 5.76 Å². The second-order valence-corrected chi connectivity index (χ2v) is 6.97. The number of hydrogen-bond donors (Lipinski definition) is 2. The van der Waals surface area contributed by atoms with Crippen LogP contribution in [0.5, 0.6) is 5.75 Å². The average molecular weight is 387 g/mol. The number of benzene rings is 1. The van der Waals surface area contributed by atoms with Crippen molar-refractivity contribution in [3.05, 3.63) is 58.4 Å². The maximum Gasteiger partial charge on any atom is 0.255 e. The number of nitriles is 2. The van der Waals surface area contributed by atoms with Gasteiger partial charge >= 0.3 is 0 Å². The summed E-state index contributed by atoms with van der Waals surface area (Å²) in [4.78, 5) is 17.4. The van der Waals surface area contributed by atoms with Crippen molar-refractivity contribution in [2.75, 3.05) is 13.1 Å². The molecule has 1 aliphatic rings. The first kappa shape index (κ1) is 19.9. The van der Waals surface area contributed by atoms with Crippen molar-refractivity contribution in [3.8, 4) is 17.9 Å². The summed E-state index contributed by atoms with van der Waals surface area (Å²) < 4.78 is 6.04. The van der Waals surface area contributed by atoms with Crippen molar-refractivity contribution < 1.29 is 9.53 Å². The summed E-state index contributed by atoms with van der Waals surface area (Å²) in [5.41, 5.74) is 3.65. The zero-order valence-electron chi connectivity index (χ0n) is 16.3. The van der Waals surface area contributed by atoms with Crippen LogP contribution < -0.4 is 4.74 Å². The predicted molar refractivity (Wildman–Crippen MR) is 108 cm³/mol. The molecule has 1 amide bonds. The minimum absolute atomic E-state index is 0.0960. The summed E-state index contributed by atoms with van der Waals surface area (Å²) in [7, 11) is 0. The highest BCUT2D eigenvalue weighted by Gasteiger charge is 2.32. The molecule has 0 aliphatic carbocycles. The number of ether oxygens (including phenoxy) is 1. The lowest BCUT2D eigenvalue weighted by atomic mass is 10.00. The Morgan fingerprint density at radius 2 is 2.14 bits per heavy atom. The van der Waals surface area contributed by atoms with Crippen LogP contribution in [0.3, 0.4) is 0 Å². The molecule has 2 aromatic rings. The topological polar surface area (TPSA) is 117 Å². The maximum atomic E-state index is 12.7. The number of likely N-dealkylation sites (tertiary alicyclic amines) is 1. The number of hydrogen-bond acceptors (Lipinski definition) is 5. The lowest BCUT2D eigenvalue weighted by molar-refractivity contribution is 0.0577. The van der Waals surface area contributed by atoms with Crippen molar-refractivity contribution in [1.29, 1.82) is 15.9 Å². The molecular weight excluding hydrogens is 366 g/mol. The van der Waals surface area contributed by atoms with Gasteiger partial charge in [-0.25, -0.2) is 0 Å². The van der Waals surface area contributed by atoms with E-state index >= 15 is 0 Å². The molecule has 2 N–H and O–H groups in total. The number of H-pyrrole nitrogens is 1. The molecule has 29 heavy (non-hydrogen) atoms. The summed E-state index contributed by atoms with van der Waals surface area (Å²) >= 11 is 0. The normalized spacial score (nSPS) is 13.9. The van der Waals surface area contributed by atoms with Gasteiger partial charge in [0, 0.05) is 31.6 Å². The molecule has 7 heteroatoms. The van der Waals surface area contributed by atoms with Crippen LogP contribution in [-0.4, -0.2) is 35.1 Å². The van der Waals surface area contributed by atoms with Gasteiger partial charge in [0.2, 0.25) is 0 Å². The van der Waals surface area contributed by atoms with Crippen LogP contribution >= 0.6 is 0 Å². The molecule has 0 bridgehead atoms. The Balaban J connectivity index is 1.84. The number of carbonyl (C=O) groups excluding carboxylic acids is 1. The number of carbonyl (C=O) groups is 1. The van der Waals surface area contributed by atoms with Gasteiger partial charge in [-0.15, -0.1) is 0 Å². The second-order valence-electron chi connectivity index (χ2n) is 6.97. The van der Waals surface area contributed by atoms with Crippen LogP contribution in [-0.2, 0) is 6.42 Å². The number of aromatic amines is 1. The van der Waals surface area contributed by atoms with E-state index < -0.39 is 0 Å². The van der Waals surface area contributed by atoms with Gasteiger partial charge in [0.25, 0.3) is 5.91 Å². The van der Waals surface area contributed by atoms with Gasteiger partial charge in [-0.1, -0.05) is 12.1 Å². The summed E-state index contributed by atoms with van der Waals surface area (Å²) in [6, 6.07) is 9.81. The van der Waals surface area contributed by atoms with E-state index in [1.807, 2.05) is 26.0 Å². The summed E-state index contributed by atoms with van der Waals surface area (Å²) in [5, 5.41) is 25.2. The van der Waals surface area contributed by atoms with Crippen LogP contribution in [0, 0.1) is 47.8 Å². The predicted octanol–water partition coefficient (Wildman–Crippen LogP) is 3.36. The molecule has 0 spiro atoms. The summed E-state index contributed by atoms with van der Waals surface area (Å²) in [6.07, 6.45) is 4.61. The first-order valence-corrected chi connectivity index (χ1v) is 9.20. The molecule has 1 aromatic heterocycles. The van der Waals surface area contributed by atoms with Crippen molar-refractivity contribution >= 4 is 17.9 Å². The lowest BCUT2D eigenvalue weighted by Gasteiger charge is -2.35. The molecule has 1 aromatic carbocycles.